The molecule has 1 unspecified atom stereocenters. The lowest BCUT2D eigenvalue weighted by atomic mass is 10.1. The van der Waals surface area contributed by atoms with E-state index in [1.807, 2.05) is 18.2 Å². The molecule has 2 rings (SSSR count). The fourth-order valence-corrected chi connectivity index (χ4v) is 2.88. The number of nitrogens with zero attached hydrogens (tertiary/aromatic N) is 1. The lowest BCUT2D eigenvalue weighted by Gasteiger charge is -2.21. The first-order valence-electron chi connectivity index (χ1n) is 6.28. The van der Waals surface area contributed by atoms with Gasteiger partial charge in [0.1, 0.15) is 0 Å². The number of anilines is 1. The summed E-state index contributed by atoms with van der Waals surface area (Å²) in [6.07, 6.45) is 1.93. The minimum Gasteiger partial charge on any atom is -0.396 e. The van der Waals surface area contributed by atoms with Crippen molar-refractivity contribution >= 4 is 27.4 Å². The predicted octanol–water partition coefficient (Wildman–Crippen LogP) is 2.86. The number of ketones is 1. The Morgan fingerprint density at radius 1 is 1.56 bits per heavy atom. The summed E-state index contributed by atoms with van der Waals surface area (Å²) in [6.45, 7) is 3.74. The van der Waals surface area contributed by atoms with Gasteiger partial charge in [0.05, 0.1) is 0 Å². The molecule has 1 saturated heterocycles. The summed E-state index contributed by atoms with van der Waals surface area (Å²) in [5.74, 6) is 0.636. The van der Waals surface area contributed by atoms with E-state index < -0.39 is 0 Å². The second-order valence-electron chi connectivity index (χ2n) is 4.83. The summed E-state index contributed by atoms with van der Waals surface area (Å²) in [5.41, 5.74) is 1.79. The van der Waals surface area contributed by atoms with Crippen molar-refractivity contribution in [1.29, 1.82) is 0 Å². The van der Waals surface area contributed by atoms with Gasteiger partial charge in [0.25, 0.3) is 0 Å². The number of halogens is 1. The Kier molecular flexibility index (Phi) is 4.40. The Labute approximate surface area is 116 Å². The van der Waals surface area contributed by atoms with E-state index in [1.54, 1.807) is 6.92 Å². The zero-order chi connectivity index (χ0) is 13.1. The number of benzene rings is 1. The molecule has 4 heteroatoms. The van der Waals surface area contributed by atoms with Gasteiger partial charge in [-0.25, -0.2) is 0 Å². The van der Waals surface area contributed by atoms with Crippen molar-refractivity contribution in [2.24, 2.45) is 5.92 Å². The Morgan fingerprint density at radius 3 is 3.00 bits per heavy atom. The van der Waals surface area contributed by atoms with Crippen LogP contribution in [0.3, 0.4) is 0 Å². The maximum atomic E-state index is 11.7. The molecule has 0 aliphatic carbocycles. The van der Waals surface area contributed by atoms with E-state index >= 15 is 0 Å². The Balaban J connectivity index is 2.23. The lowest BCUT2D eigenvalue weighted by Crippen LogP contribution is -2.22. The molecule has 1 aliphatic rings. The molecule has 0 radical (unpaired) electrons. The average Bonchev–Trinajstić information content (AvgIpc) is 2.77. The number of aliphatic hydroxyl groups excluding tert-OH is 1. The number of carbonyl (C=O) groups excluding carboxylic acids is 1. The molecule has 0 amide bonds. The largest absolute Gasteiger partial charge is 0.396 e. The maximum absolute atomic E-state index is 11.7. The molecule has 3 nitrogen and oxygen atoms in total. The molecule has 1 aromatic rings. The minimum atomic E-state index is 0.100. The zero-order valence-corrected chi connectivity index (χ0v) is 12.1. The highest BCUT2D eigenvalue weighted by Crippen LogP contribution is 2.31. The first kappa shape index (κ1) is 13.6. The third-order valence-electron chi connectivity index (χ3n) is 3.50. The number of hydrogen-bond donors (Lipinski definition) is 1. The fourth-order valence-electron chi connectivity index (χ4n) is 2.53. The number of carbonyl (C=O) groups is 1. The molecule has 98 valence electrons. The highest BCUT2D eigenvalue weighted by atomic mass is 79.9. The Hall–Kier alpha value is -0.870. The van der Waals surface area contributed by atoms with E-state index in [0.29, 0.717) is 5.92 Å². The average molecular weight is 312 g/mol. The molecule has 1 N–H and O–H groups in total. The highest BCUT2D eigenvalue weighted by molar-refractivity contribution is 9.10. The monoisotopic (exact) mass is 311 g/mol. The van der Waals surface area contributed by atoms with Gasteiger partial charge in [-0.15, -0.1) is 0 Å². The summed E-state index contributed by atoms with van der Waals surface area (Å²) in [7, 11) is 0. The summed E-state index contributed by atoms with van der Waals surface area (Å²) in [6, 6.07) is 5.79. The van der Waals surface area contributed by atoms with E-state index in [1.165, 1.54) is 0 Å². The van der Waals surface area contributed by atoms with Gasteiger partial charge in [-0.05, 0) is 43.9 Å². The summed E-state index contributed by atoms with van der Waals surface area (Å²) in [5, 5.41) is 8.99. The van der Waals surface area contributed by atoms with E-state index in [9.17, 15) is 4.79 Å². The van der Waals surface area contributed by atoms with Crippen LogP contribution in [0.2, 0.25) is 0 Å². The van der Waals surface area contributed by atoms with Crippen LogP contribution in [-0.4, -0.2) is 30.6 Å². The van der Waals surface area contributed by atoms with Crippen molar-refractivity contribution < 1.29 is 9.90 Å². The molecule has 0 spiro atoms. The molecule has 1 fully saturated rings. The topological polar surface area (TPSA) is 40.5 Å². The first-order chi connectivity index (χ1) is 8.61. The SMILES string of the molecule is CC(=O)c1ccc(Br)cc1N1CCC(CCO)C1. The van der Waals surface area contributed by atoms with Crippen LogP contribution in [0.25, 0.3) is 0 Å². The molecule has 1 atom stereocenters. The van der Waals surface area contributed by atoms with Crippen molar-refractivity contribution in [3.63, 3.8) is 0 Å². The van der Waals surface area contributed by atoms with Crippen LogP contribution >= 0.6 is 15.9 Å². The van der Waals surface area contributed by atoms with Crippen molar-refractivity contribution in [1.82, 2.24) is 0 Å². The molecule has 18 heavy (non-hydrogen) atoms. The van der Waals surface area contributed by atoms with Crippen LogP contribution in [-0.2, 0) is 0 Å². The maximum Gasteiger partial charge on any atom is 0.161 e. The summed E-state index contributed by atoms with van der Waals surface area (Å²) in [4.78, 5) is 13.9. The molecule has 1 heterocycles. The van der Waals surface area contributed by atoms with E-state index in [2.05, 4.69) is 20.8 Å². The van der Waals surface area contributed by atoms with Crippen LogP contribution < -0.4 is 4.90 Å². The first-order valence-corrected chi connectivity index (χ1v) is 7.07. The number of aliphatic hydroxyl groups is 1. The lowest BCUT2D eigenvalue weighted by molar-refractivity contribution is 0.101. The Bertz CT molecular complexity index is 447. The summed E-state index contributed by atoms with van der Waals surface area (Å²) >= 11 is 3.46. The molecular formula is C14H18BrNO2. The minimum absolute atomic E-state index is 0.100. The molecule has 0 bridgehead atoms. The van der Waals surface area contributed by atoms with Gasteiger partial charge >= 0.3 is 0 Å². The van der Waals surface area contributed by atoms with Gasteiger partial charge in [0, 0.05) is 35.4 Å². The van der Waals surface area contributed by atoms with E-state index in [4.69, 9.17) is 5.11 Å². The van der Waals surface area contributed by atoms with Gasteiger partial charge in [-0.1, -0.05) is 15.9 Å². The van der Waals surface area contributed by atoms with E-state index in [-0.39, 0.29) is 12.4 Å². The van der Waals surface area contributed by atoms with Crippen LogP contribution in [0, 0.1) is 5.92 Å². The van der Waals surface area contributed by atoms with Gasteiger partial charge in [0.15, 0.2) is 5.78 Å². The number of Topliss-reactive ketones (excluding diaryl/α,β-unsaturated/α-hetero) is 1. The van der Waals surface area contributed by atoms with Crippen molar-refractivity contribution in [3.05, 3.63) is 28.2 Å². The van der Waals surface area contributed by atoms with Crippen LogP contribution in [0.1, 0.15) is 30.1 Å². The quantitative estimate of drug-likeness (QED) is 0.869. The van der Waals surface area contributed by atoms with E-state index in [0.717, 1.165) is 41.7 Å². The standard InChI is InChI=1S/C14H18BrNO2/c1-10(18)13-3-2-12(15)8-14(13)16-6-4-11(9-16)5-7-17/h2-3,8,11,17H,4-7,9H2,1H3. The molecule has 1 aliphatic heterocycles. The fraction of sp³-hybridized carbons (Fsp3) is 0.500. The smallest absolute Gasteiger partial charge is 0.161 e. The molecule has 0 aromatic heterocycles. The predicted molar refractivity (Wildman–Crippen MR) is 76.2 cm³/mol. The van der Waals surface area contributed by atoms with Crippen LogP contribution in [0.5, 0.6) is 0 Å². The number of rotatable bonds is 4. The van der Waals surface area contributed by atoms with Gasteiger partial charge in [0.2, 0.25) is 0 Å². The van der Waals surface area contributed by atoms with Crippen molar-refractivity contribution in [2.75, 3.05) is 24.6 Å². The molecular weight excluding hydrogens is 294 g/mol. The third-order valence-corrected chi connectivity index (χ3v) is 4.00. The normalized spacial score (nSPS) is 19.3. The molecule has 0 saturated carbocycles. The number of hydrogen-bond acceptors (Lipinski definition) is 3. The second kappa shape index (κ2) is 5.85. The van der Waals surface area contributed by atoms with Crippen LogP contribution in [0.4, 0.5) is 5.69 Å². The highest BCUT2D eigenvalue weighted by Gasteiger charge is 2.24. The van der Waals surface area contributed by atoms with Gasteiger partial charge < -0.3 is 10.0 Å². The Morgan fingerprint density at radius 2 is 2.33 bits per heavy atom. The van der Waals surface area contributed by atoms with Crippen molar-refractivity contribution in [3.8, 4) is 0 Å². The second-order valence-corrected chi connectivity index (χ2v) is 5.75. The summed E-state index contributed by atoms with van der Waals surface area (Å²) < 4.78 is 0.994. The van der Waals surface area contributed by atoms with Crippen molar-refractivity contribution in [2.45, 2.75) is 19.8 Å². The zero-order valence-electron chi connectivity index (χ0n) is 10.5. The van der Waals surface area contributed by atoms with Gasteiger partial charge in [-0.3, -0.25) is 4.79 Å². The third kappa shape index (κ3) is 2.93. The molecule has 1 aromatic carbocycles. The van der Waals surface area contributed by atoms with Crippen LogP contribution in [0.15, 0.2) is 22.7 Å². The van der Waals surface area contributed by atoms with Gasteiger partial charge in [-0.2, -0.15) is 0 Å².